The number of esters is 1. The molecule has 0 saturated carbocycles. The number of ether oxygens (including phenoxy) is 2. The minimum Gasteiger partial charge on any atom is -0.494 e. The molecule has 144 valence electrons. The monoisotopic (exact) mass is 370 g/mol. The van der Waals surface area contributed by atoms with Crippen LogP contribution in [0.25, 0.3) is 0 Å². The number of benzene rings is 2. The number of rotatable bonds is 9. The molecule has 3 N–H and O–H groups in total. The van der Waals surface area contributed by atoms with Crippen molar-refractivity contribution in [2.75, 3.05) is 26.0 Å². The van der Waals surface area contributed by atoms with E-state index in [9.17, 15) is 9.59 Å². The van der Waals surface area contributed by atoms with Crippen LogP contribution in [0, 0.1) is 5.92 Å². The summed E-state index contributed by atoms with van der Waals surface area (Å²) in [6, 6.07) is 14.7. The molecule has 0 fully saturated rings. The van der Waals surface area contributed by atoms with Gasteiger partial charge in [0.1, 0.15) is 5.75 Å². The lowest BCUT2D eigenvalue weighted by atomic mass is 9.99. The van der Waals surface area contributed by atoms with Crippen molar-refractivity contribution in [1.82, 2.24) is 5.32 Å². The maximum Gasteiger partial charge on any atom is 0.310 e. The average molecular weight is 370 g/mol. The summed E-state index contributed by atoms with van der Waals surface area (Å²) in [4.78, 5) is 24.3. The van der Waals surface area contributed by atoms with Crippen molar-refractivity contribution in [2.24, 2.45) is 5.92 Å². The minimum atomic E-state index is -0.455. The van der Waals surface area contributed by atoms with E-state index in [1.807, 2.05) is 43.3 Å². The van der Waals surface area contributed by atoms with Crippen LogP contribution in [0.2, 0.25) is 0 Å². The molecule has 2 aromatic rings. The molecule has 0 aliphatic heterocycles. The number of nitrogen functional groups attached to an aromatic ring is 1. The van der Waals surface area contributed by atoms with Crippen LogP contribution in [0.4, 0.5) is 5.69 Å². The van der Waals surface area contributed by atoms with Crippen molar-refractivity contribution in [3.63, 3.8) is 0 Å². The number of nitrogens with two attached hydrogens (primary N) is 1. The smallest absolute Gasteiger partial charge is 0.310 e. The van der Waals surface area contributed by atoms with E-state index in [0.29, 0.717) is 18.7 Å². The lowest BCUT2D eigenvalue weighted by molar-refractivity contribution is -0.145. The Morgan fingerprint density at radius 3 is 2.26 bits per heavy atom. The van der Waals surface area contributed by atoms with Crippen molar-refractivity contribution in [2.45, 2.75) is 19.8 Å². The van der Waals surface area contributed by atoms with Gasteiger partial charge in [-0.05, 0) is 48.7 Å². The first-order valence-corrected chi connectivity index (χ1v) is 8.92. The zero-order chi connectivity index (χ0) is 19.6. The predicted octanol–water partition coefficient (Wildman–Crippen LogP) is 2.36. The van der Waals surface area contributed by atoms with E-state index in [1.165, 1.54) is 7.11 Å². The fraction of sp³-hybridized carbons (Fsp3) is 0.333. The molecule has 0 heterocycles. The van der Waals surface area contributed by atoms with Crippen molar-refractivity contribution in [3.05, 3.63) is 59.7 Å². The van der Waals surface area contributed by atoms with Gasteiger partial charge in [0.05, 0.1) is 26.1 Å². The molecule has 0 saturated heterocycles. The molecule has 0 aliphatic rings. The molecular formula is C21H26N2O4. The highest BCUT2D eigenvalue weighted by Gasteiger charge is 2.20. The molecule has 2 rings (SSSR count). The maximum absolute atomic E-state index is 12.2. The number of methoxy groups -OCH3 is 1. The molecule has 1 atom stereocenters. The number of amides is 1. The van der Waals surface area contributed by atoms with Crippen molar-refractivity contribution < 1.29 is 19.1 Å². The standard InChI is InChI=1S/C21H26N2O4/c1-3-27-19-10-6-15(7-11-19)12-17(21(25)26-2)14-23-20(24)13-16-4-8-18(22)9-5-16/h4-11,17H,3,12-14,22H2,1-2H3,(H,23,24). The highest BCUT2D eigenvalue weighted by Crippen LogP contribution is 2.16. The Bertz CT molecular complexity index is 742. The van der Waals surface area contributed by atoms with E-state index >= 15 is 0 Å². The Labute approximate surface area is 159 Å². The van der Waals surface area contributed by atoms with E-state index in [0.717, 1.165) is 16.9 Å². The van der Waals surface area contributed by atoms with Gasteiger partial charge in [0.15, 0.2) is 0 Å². The van der Waals surface area contributed by atoms with E-state index in [-0.39, 0.29) is 24.8 Å². The number of hydrogen-bond donors (Lipinski definition) is 2. The Balaban J connectivity index is 1.92. The summed E-state index contributed by atoms with van der Waals surface area (Å²) in [7, 11) is 1.35. The SMILES string of the molecule is CCOc1ccc(CC(CNC(=O)Cc2ccc(N)cc2)C(=O)OC)cc1. The predicted molar refractivity (Wildman–Crippen MR) is 104 cm³/mol. The molecule has 1 unspecified atom stereocenters. The molecule has 0 aliphatic carbocycles. The Morgan fingerprint density at radius 2 is 1.67 bits per heavy atom. The van der Waals surface area contributed by atoms with Gasteiger partial charge in [-0.25, -0.2) is 0 Å². The van der Waals surface area contributed by atoms with Gasteiger partial charge in [-0.1, -0.05) is 24.3 Å². The van der Waals surface area contributed by atoms with E-state index < -0.39 is 5.92 Å². The Morgan fingerprint density at radius 1 is 1.04 bits per heavy atom. The lowest BCUT2D eigenvalue weighted by Gasteiger charge is -2.16. The van der Waals surface area contributed by atoms with Gasteiger partial charge in [-0.3, -0.25) is 9.59 Å². The molecule has 27 heavy (non-hydrogen) atoms. The fourth-order valence-electron chi connectivity index (χ4n) is 2.70. The maximum atomic E-state index is 12.2. The first-order chi connectivity index (χ1) is 13.0. The van der Waals surface area contributed by atoms with Gasteiger partial charge < -0.3 is 20.5 Å². The molecule has 1 amide bonds. The molecule has 0 bridgehead atoms. The van der Waals surface area contributed by atoms with E-state index in [4.69, 9.17) is 15.2 Å². The van der Waals surface area contributed by atoms with Crippen molar-refractivity contribution >= 4 is 17.6 Å². The molecular weight excluding hydrogens is 344 g/mol. The summed E-state index contributed by atoms with van der Waals surface area (Å²) in [5.41, 5.74) is 8.13. The lowest BCUT2D eigenvalue weighted by Crippen LogP contribution is -2.35. The van der Waals surface area contributed by atoms with Gasteiger partial charge in [-0.15, -0.1) is 0 Å². The van der Waals surface area contributed by atoms with Gasteiger partial charge in [0.25, 0.3) is 0 Å². The molecule has 6 heteroatoms. The van der Waals surface area contributed by atoms with Gasteiger partial charge in [0.2, 0.25) is 5.91 Å². The number of anilines is 1. The van der Waals surface area contributed by atoms with Crippen LogP contribution in [0.3, 0.4) is 0 Å². The zero-order valence-electron chi connectivity index (χ0n) is 15.7. The summed E-state index contributed by atoms with van der Waals surface area (Å²) in [6.07, 6.45) is 0.707. The number of carbonyl (C=O) groups is 2. The second-order valence-electron chi connectivity index (χ2n) is 6.22. The first-order valence-electron chi connectivity index (χ1n) is 8.92. The average Bonchev–Trinajstić information content (AvgIpc) is 2.68. The molecule has 2 aromatic carbocycles. The van der Waals surface area contributed by atoms with Crippen LogP contribution in [-0.2, 0) is 27.2 Å². The number of carbonyl (C=O) groups excluding carboxylic acids is 2. The van der Waals surface area contributed by atoms with E-state index in [2.05, 4.69) is 5.32 Å². The van der Waals surface area contributed by atoms with Crippen LogP contribution < -0.4 is 15.8 Å². The Hall–Kier alpha value is -3.02. The number of nitrogens with one attached hydrogen (secondary N) is 1. The third-order valence-electron chi connectivity index (χ3n) is 4.14. The largest absolute Gasteiger partial charge is 0.494 e. The fourth-order valence-corrected chi connectivity index (χ4v) is 2.70. The second kappa shape index (κ2) is 10.2. The minimum absolute atomic E-state index is 0.152. The van der Waals surface area contributed by atoms with Crippen molar-refractivity contribution in [1.29, 1.82) is 0 Å². The summed E-state index contributed by atoms with van der Waals surface area (Å²) < 4.78 is 10.3. The topological polar surface area (TPSA) is 90.6 Å². The van der Waals surface area contributed by atoms with E-state index in [1.54, 1.807) is 12.1 Å². The first kappa shape index (κ1) is 20.3. The van der Waals surface area contributed by atoms with Gasteiger partial charge in [0, 0.05) is 12.2 Å². The molecule has 6 nitrogen and oxygen atoms in total. The normalized spacial score (nSPS) is 11.5. The summed E-state index contributed by atoms with van der Waals surface area (Å²) >= 11 is 0. The number of hydrogen-bond acceptors (Lipinski definition) is 5. The second-order valence-corrected chi connectivity index (χ2v) is 6.22. The molecule has 0 spiro atoms. The van der Waals surface area contributed by atoms with Crippen LogP contribution in [0.15, 0.2) is 48.5 Å². The highest BCUT2D eigenvalue weighted by atomic mass is 16.5. The van der Waals surface area contributed by atoms with Crippen LogP contribution in [0.5, 0.6) is 5.75 Å². The quantitative estimate of drug-likeness (QED) is 0.522. The third-order valence-corrected chi connectivity index (χ3v) is 4.14. The van der Waals surface area contributed by atoms with Gasteiger partial charge in [-0.2, -0.15) is 0 Å². The summed E-state index contributed by atoms with van der Waals surface area (Å²) in [5, 5.41) is 2.82. The van der Waals surface area contributed by atoms with Crippen molar-refractivity contribution in [3.8, 4) is 5.75 Å². The summed E-state index contributed by atoms with van der Waals surface area (Å²) in [5.74, 6) is -0.173. The molecule has 0 aromatic heterocycles. The highest BCUT2D eigenvalue weighted by molar-refractivity contribution is 5.80. The van der Waals surface area contributed by atoms with Crippen LogP contribution in [0.1, 0.15) is 18.1 Å². The molecule has 0 radical (unpaired) electrons. The Kier molecular flexibility index (Phi) is 7.67. The van der Waals surface area contributed by atoms with Gasteiger partial charge >= 0.3 is 5.97 Å². The van der Waals surface area contributed by atoms with Crippen LogP contribution in [-0.4, -0.2) is 32.1 Å². The zero-order valence-corrected chi connectivity index (χ0v) is 15.7. The van der Waals surface area contributed by atoms with Crippen LogP contribution >= 0.6 is 0 Å². The summed E-state index contributed by atoms with van der Waals surface area (Å²) in [6.45, 7) is 2.74. The third kappa shape index (κ3) is 6.66.